The van der Waals surface area contributed by atoms with Gasteiger partial charge in [-0.25, -0.2) is 4.79 Å². The number of carboxylic acids is 1. The van der Waals surface area contributed by atoms with Crippen molar-refractivity contribution in [2.24, 2.45) is 7.05 Å². The molecule has 0 radical (unpaired) electrons. The van der Waals surface area contributed by atoms with Gasteiger partial charge in [0.15, 0.2) is 0 Å². The normalized spacial score (nSPS) is 11.0. The summed E-state index contributed by atoms with van der Waals surface area (Å²) >= 11 is 8.98. The molecule has 0 aliphatic rings. The molecule has 1 aromatic rings. The van der Waals surface area contributed by atoms with Gasteiger partial charge in [-0.1, -0.05) is 11.6 Å². The molecule has 0 aromatic carbocycles. The van der Waals surface area contributed by atoms with Gasteiger partial charge in [0.2, 0.25) is 0 Å². The van der Waals surface area contributed by atoms with Gasteiger partial charge in [0.25, 0.3) is 0 Å². The first-order valence-corrected chi connectivity index (χ1v) is 4.48. The van der Waals surface area contributed by atoms with Crippen LogP contribution in [0.15, 0.2) is 10.7 Å². The van der Waals surface area contributed by atoms with Crippen molar-refractivity contribution >= 4 is 39.6 Å². The quantitative estimate of drug-likeness (QED) is 0.831. The molecule has 0 spiro atoms. The smallest absolute Gasteiger partial charge is 0.328 e. The van der Waals surface area contributed by atoms with Gasteiger partial charge < -0.3 is 5.11 Å². The minimum atomic E-state index is -1.02. The minimum Gasteiger partial charge on any atom is -0.478 e. The highest BCUT2D eigenvalue weighted by atomic mass is 79.9. The highest BCUT2D eigenvalue weighted by Gasteiger charge is 2.09. The van der Waals surface area contributed by atoms with Crippen molar-refractivity contribution < 1.29 is 9.90 Å². The monoisotopic (exact) mass is 264 g/mol. The number of hydrogen-bond acceptors (Lipinski definition) is 2. The first-order chi connectivity index (χ1) is 6.02. The zero-order chi connectivity index (χ0) is 10.0. The summed E-state index contributed by atoms with van der Waals surface area (Å²) in [7, 11) is 1.67. The number of carboxylic acid groups (broad SMARTS) is 1. The van der Waals surface area contributed by atoms with Crippen LogP contribution in [0, 0.1) is 0 Å². The van der Waals surface area contributed by atoms with Crippen LogP contribution in [0.5, 0.6) is 0 Å². The maximum Gasteiger partial charge on any atom is 0.328 e. The van der Waals surface area contributed by atoms with Gasteiger partial charge >= 0.3 is 5.97 Å². The van der Waals surface area contributed by atoms with Gasteiger partial charge in [-0.3, -0.25) is 4.68 Å². The first-order valence-electron chi connectivity index (χ1n) is 3.31. The molecule has 0 amide bonds. The maximum absolute atomic E-state index is 10.2. The van der Waals surface area contributed by atoms with Crippen LogP contribution in [0.3, 0.4) is 0 Å². The Kier molecular flexibility index (Phi) is 3.11. The van der Waals surface area contributed by atoms with E-state index in [1.54, 1.807) is 7.05 Å². The summed E-state index contributed by atoms with van der Waals surface area (Å²) < 4.78 is 1.98. The summed E-state index contributed by atoms with van der Waals surface area (Å²) in [4.78, 5) is 10.2. The van der Waals surface area contributed by atoms with Crippen LogP contribution in [0.4, 0.5) is 0 Å². The molecule has 0 saturated heterocycles. The maximum atomic E-state index is 10.2. The number of aromatic nitrogens is 2. The van der Waals surface area contributed by atoms with Crippen LogP contribution in [0.25, 0.3) is 6.08 Å². The lowest BCUT2D eigenvalue weighted by Gasteiger charge is -1.89. The van der Waals surface area contributed by atoms with Crippen LogP contribution in [-0.2, 0) is 11.8 Å². The van der Waals surface area contributed by atoms with E-state index >= 15 is 0 Å². The summed E-state index contributed by atoms with van der Waals surface area (Å²) in [6.07, 6.45) is 2.40. The van der Waals surface area contributed by atoms with Crippen molar-refractivity contribution in [2.45, 2.75) is 0 Å². The van der Waals surface area contributed by atoms with E-state index in [0.29, 0.717) is 15.3 Å². The number of aryl methyl sites for hydroxylation is 1. The second kappa shape index (κ2) is 3.93. The van der Waals surface area contributed by atoms with Crippen LogP contribution in [-0.4, -0.2) is 20.9 Å². The Morgan fingerprint density at radius 1 is 1.77 bits per heavy atom. The molecule has 1 N–H and O–H groups in total. The van der Waals surface area contributed by atoms with Gasteiger partial charge in [-0.05, 0) is 22.0 Å². The zero-order valence-corrected chi connectivity index (χ0v) is 9.00. The molecule has 0 aliphatic carbocycles. The summed E-state index contributed by atoms with van der Waals surface area (Å²) in [6, 6.07) is 0. The lowest BCUT2D eigenvalue weighted by molar-refractivity contribution is -0.131. The molecule has 0 unspecified atom stereocenters. The van der Waals surface area contributed by atoms with Crippen molar-refractivity contribution in [1.29, 1.82) is 0 Å². The number of hydrogen-bond donors (Lipinski definition) is 1. The van der Waals surface area contributed by atoms with E-state index in [1.807, 2.05) is 0 Å². The van der Waals surface area contributed by atoms with Gasteiger partial charge in [0.05, 0.1) is 0 Å². The number of carbonyl (C=O) groups is 1. The Balaban J connectivity index is 3.07. The third-order valence-electron chi connectivity index (χ3n) is 1.36. The fourth-order valence-electron chi connectivity index (χ4n) is 0.781. The molecular formula is C7H6BrClN2O2. The molecular weight excluding hydrogens is 259 g/mol. The summed E-state index contributed by atoms with van der Waals surface area (Å²) in [5.74, 6) is -1.02. The van der Waals surface area contributed by atoms with Gasteiger partial charge in [0.1, 0.15) is 9.76 Å². The second-order valence-corrected chi connectivity index (χ2v) is 3.40. The largest absolute Gasteiger partial charge is 0.478 e. The topological polar surface area (TPSA) is 55.1 Å². The van der Waals surface area contributed by atoms with Gasteiger partial charge in [0, 0.05) is 18.7 Å². The molecule has 0 atom stereocenters. The van der Waals surface area contributed by atoms with Crippen molar-refractivity contribution in [3.05, 3.63) is 21.4 Å². The van der Waals surface area contributed by atoms with Crippen LogP contribution < -0.4 is 0 Å². The second-order valence-electron chi connectivity index (χ2n) is 2.29. The van der Waals surface area contributed by atoms with E-state index in [1.165, 1.54) is 10.8 Å². The molecule has 1 rings (SSSR count). The lowest BCUT2D eigenvalue weighted by Crippen LogP contribution is -1.88. The molecule has 0 fully saturated rings. The molecule has 70 valence electrons. The summed E-state index contributed by atoms with van der Waals surface area (Å²) in [6.45, 7) is 0. The van der Waals surface area contributed by atoms with E-state index in [2.05, 4.69) is 21.0 Å². The Morgan fingerprint density at radius 2 is 2.38 bits per heavy atom. The highest BCUT2D eigenvalue weighted by Crippen LogP contribution is 2.24. The Bertz CT molecular complexity index is 373. The highest BCUT2D eigenvalue weighted by molar-refractivity contribution is 9.10. The Hall–Kier alpha value is -0.810. The number of halogens is 2. The molecule has 0 saturated carbocycles. The molecule has 6 heteroatoms. The average molecular weight is 265 g/mol. The average Bonchev–Trinajstić information content (AvgIpc) is 2.24. The molecule has 0 aliphatic heterocycles. The molecule has 4 nitrogen and oxygen atoms in total. The molecule has 0 bridgehead atoms. The fourth-order valence-corrected chi connectivity index (χ4v) is 1.64. The van der Waals surface area contributed by atoms with E-state index < -0.39 is 5.97 Å². The van der Waals surface area contributed by atoms with Crippen LogP contribution >= 0.6 is 27.5 Å². The van der Waals surface area contributed by atoms with Crippen molar-refractivity contribution in [3.63, 3.8) is 0 Å². The van der Waals surface area contributed by atoms with Gasteiger partial charge in [-0.15, -0.1) is 0 Å². The van der Waals surface area contributed by atoms with E-state index in [9.17, 15) is 4.79 Å². The zero-order valence-electron chi connectivity index (χ0n) is 6.66. The van der Waals surface area contributed by atoms with E-state index in [0.717, 1.165) is 6.08 Å². The summed E-state index contributed by atoms with van der Waals surface area (Å²) in [5.41, 5.74) is 0.562. The Morgan fingerprint density at radius 3 is 2.77 bits per heavy atom. The number of aliphatic carboxylic acids is 1. The van der Waals surface area contributed by atoms with Crippen molar-refractivity contribution in [2.75, 3.05) is 0 Å². The minimum absolute atomic E-state index is 0.393. The number of nitrogens with zero attached hydrogens (tertiary/aromatic N) is 2. The predicted molar refractivity (Wildman–Crippen MR) is 52.6 cm³/mol. The predicted octanol–water partition coefficient (Wildman–Crippen LogP) is 1.93. The van der Waals surface area contributed by atoms with E-state index in [4.69, 9.17) is 16.7 Å². The Labute approximate surface area is 87.9 Å². The van der Waals surface area contributed by atoms with Crippen molar-refractivity contribution in [1.82, 2.24) is 9.78 Å². The standard InChI is InChI=1S/C7H6BrClN2O2/c1-11-7(9)4(6(8)10-11)2-3-5(12)13/h2-3H,1H3,(H,12,13)/b3-2+. The molecule has 13 heavy (non-hydrogen) atoms. The number of rotatable bonds is 2. The lowest BCUT2D eigenvalue weighted by atomic mass is 10.3. The third kappa shape index (κ3) is 2.32. The van der Waals surface area contributed by atoms with Crippen molar-refractivity contribution in [3.8, 4) is 0 Å². The molecule has 1 aromatic heterocycles. The summed E-state index contributed by atoms with van der Waals surface area (Å²) in [5, 5.41) is 12.7. The van der Waals surface area contributed by atoms with Crippen LogP contribution in [0.2, 0.25) is 5.15 Å². The first kappa shape index (κ1) is 10.3. The SMILES string of the molecule is Cn1nc(Br)c(/C=C/C(=O)O)c1Cl. The van der Waals surface area contributed by atoms with Gasteiger partial charge in [-0.2, -0.15) is 5.10 Å². The molecule has 1 heterocycles. The van der Waals surface area contributed by atoms with E-state index in [-0.39, 0.29) is 0 Å². The third-order valence-corrected chi connectivity index (χ3v) is 2.39. The van der Waals surface area contributed by atoms with Crippen LogP contribution in [0.1, 0.15) is 5.56 Å². The fraction of sp³-hybridized carbons (Fsp3) is 0.143.